The van der Waals surface area contributed by atoms with Gasteiger partial charge in [-0.1, -0.05) is 6.92 Å². The fraction of sp³-hybridized carbons (Fsp3) is 0.176. The lowest BCUT2D eigenvalue weighted by Crippen LogP contribution is -2.28. The molecule has 4 N–H and O–H groups in total. The summed E-state index contributed by atoms with van der Waals surface area (Å²) in [4.78, 5) is 26.1. The predicted molar refractivity (Wildman–Crippen MR) is 104 cm³/mol. The fourth-order valence-corrected chi connectivity index (χ4v) is 3.48. The maximum Gasteiger partial charge on any atom is 0.255 e. The van der Waals surface area contributed by atoms with Crippen molar-refractivity contribution in [2.24, 2.45) is 0 Å². The molecule has 5 nitrogen and oxygen atoms in total. The van der Waals surface area contributed by atoms with Gasteiger partial charge in [0.1, 0.15) is 0 Å². The molecule has 7 heteroatoms. The summed E-state index contributed by atoms with van der Waals surface area (Å²) in [5, 5.41) is 5.64. The monoisotopic (exact) mass is 366 g/mol. The zero-order valence-electron chi connectivity index (χ0n) is 13.0. The number of benzene rings is 2. The van der Waals surface area contributed by atoms with Gasteiger partial charge in [-0.15, -0.1) is 24.4 Å². The van der Waals surface area contributed by atoms with E-state index in [4.69, 9.17) is 0 Å². The van der Waals surface area contributed by atoms with Crippen LogP contribution in [0.5, 0.6) is 0 Å². The Balaban J connectivity index is 0.00000208. The summed E-state index contributed by atoms with van der Waals surface area (Å²) in [5.74, 6) is -0.219. The van der Waals surface area contributed by atoms with Gasteiger partial charge >= 0.3 is 0 Å². The highest BCUT2D eigenvalue weighted by atomic mass is 32.2. The number of thioether (sulfide) groups is 1. The van der Waals surface area contributed by atoms with Crippen LogP contribution in [0.1, 0.15) is 26.6 Å². The second-order valence-corrected chi connectivity index (χ2v) is 6.98. The van der Waals surface area contributed by atoms with E-state index in [1.807, 2.05) is 25.1 Å². The lowest BCUT2D eigenvalue weighted by molar-refractivity contribution is -0.115. The van der Waals surface area contributed by atoms with Crippen molar-refractivity contribution in [1.29, 1.82) is 0 Å². The number of carbonyl (C=O) groups is 2. The maximum atomic E-state index is 12.3. The molecule has 1 aliphatic rings. The van der Waals surface area contributed by atoms with Crippen molar-refractivity contribution in [1.82, 2.24) is 0 Å². The van der Waals surface area contributed by atoms with Crippen molar-refractivity contribution < 1.29 is 17.9 Å². The van der Waals surface area contributed by atoms with Gasteiger partial charge in [0.05, 0.1) is 10.9 Å². The Morgan fingerprint density at radius 2 is 2.00 bits per heavy atom. The normalized spacial score (nSPS) is 15.8. The van der Waals surface area contributed by atoms with Gasteiger partial charge in [-0.3, -0.25) is 9.59 Å². The van der Waals surface area contributed by atoms with E-state index in [-0.39, 0.29) is 25.4 Å². The highest BCUT2D eigenvalue weighted by molar-refractivity contribution is 8.01. The van der Waals surface area contributed by atoms with Gasteiger partial charge in [-0.25, -0.2) is 0 Å². The van der Waals surface area contributed by atoms with Crippen LogP contribution in [0.4, 0.5) is 11.4 Å². The topological polar surface area (TPSA) is 89.7 Å². The molecule has 130 valence electrons. The number of hydrogen-bond acceptors (Lipinski definition) is 4. The van der Waals surface area contributed by atoms with Crippen LogP contribution in [0.25, 0.3) is 0 Å². The third-order valence-electron chi connectivity index (χ3n) is 3.56. The van der Waals surface area contributed by atoms with Crippen molar-refractivity contribution >= 4 is 47.6 Å². The summed E-state index contributed by atoms with van der Waals surface area (Å²) in [6.45, 7) is 1.99. The molecule has 0 fully saturated rings. The molecule has 0 spiro atoms. The molecule has 0 radical (unpaired) electrons. The molecule has 0 saturated carbocycles. The molecule has 0 bridgehead atoms. The highest BCUT2D eigenvalue weighted by Gasteiger charge is 2.25. The van der Waals surface area contributed by atoms with E-state index in [0.29, 0.717) is 16.9 Å². The summed E-state index contributed by atoms with van der Waals surface area (Å²) < 4.78 is 0. The van der Waals surface area contributed by atoms with Crippen LogP contribution in [-0.2, 0) is 4.79 Å². The van der Waals surface area contributed by atoms with E-state index in [1.165, 1.54) is 11.8 Å². The third-order valence-corrected chi connectivity index (χ3v) is 5.30. The molecular weight excluding hydrogens is 344 g/mol. The summed E-state index contributed by atoms with van der Waals surface area (Å²) in [6.07, 6.45) is 0.777. The molecule has 1 unspecified atom stereocenters. The van der Waals surface area contributed by atoms with Crippen molar-refractivity contribution in [3.8, 4) is 0 Å². The minimum atomic E-state index is -0.212. The lowest BCUT2D eigenvalue weighted by Gasteiger charge is -2.23. The quantitative estimate of drug-likeness (QED) is 0.723. The lowest BCUT2D eigenvalue weighted by atomic mass is 10.1. The molecule has 0 saturated heterocycles. The zero-order valence-corrected chi connectivity index (χ0v) is 14.7. The van der Waals surface area contributed by atoms with Crippen molar-refractivity contribution in [3.63, 3.8) is 0 Å². The van der Waals surface area contributed by atoms with Gasteiger partial charge in [0.2, 0.25) is 5.91 Å². The molecule has 2 aromatic rings. The Hall–Kier alpha value is -1.96. The predicted octanol–water partition coefficient (Wildman–Crippen LogP) is 3.72. The van der Waals surface area contributed by atoms with Crippen molar-refractivity contribution in [2.45, 2.75) is 28.4 Å². The first-order chi connectivity index (χ1) is 11.1. The summed E-state index contributed by atoms with van der Waals surface area (Å²) in [6, 6.07) is 12.6. The Morgan fingerprint density at radius 3 is 2.67 bits per heavy atom. The average Bonchev–Trinajstić information content (AvgIpc) is 2.55. The molecular formula is C17H22N2O3S2. The Kier molecular flexibility index (Phi) is 5.93. The number of rotatable bonds is 3. The van der Waals surface area contributed by atoms with Gasteiger partial charge in [0.15, 0.2) is 0 Å². The molecule has 2 amide bonds. The van der Waals surface area contributed by atoms with Gasteiger partial charge in [-0.2, -0.15) is 0 Å². The molecule has 0 aliphatic carbocycles. The third kappa shape index (κ3) is 3.92. The summed E-state index contributed by atoms with van der Waals surface area (Å²) >= 11 is 5.75. The molecule has 2 aromatic carbocycles. The summed E-state index contributed by atoms with van der Waals surface area (Å²) in [5.41, 5.74) is 1.91. The molecule has 1 heterocycles. The Labute approximate surface area is 152 Å². The van der Waals surface area contributed by atoms with E-state index < -0.39 is 0 Å². The van der Waals surface area contributed by atoms with E-state index in [2.05, 4.69) is 23.3 Å². The maximum absolute atomic E-state index is 12.3. The number of amides is 2. The molecule has 1 aliphatic heterocycles. The molecule has 0 aromatic heterocycles. The van der Waals surface area contributed by atoms with Crippen molar-refractivity contribution in [3.05, 3.63) is 48.0 Å². The van der Waals surface area contributed by atoms with Crippen LogP contribution >= 0.6 is 24.4 Å². The standard InChI is InChI=1S/C17H16N2O2S2.H2O.2H2/c1-2-14-17(21)19-13-9-10(3-8-15(13)23-14)16(20)18-11-4-6-12(22)7-5-11;;;/h3-9,14,22H,2H2,1H3,(H,18,20)(H,19,21);1H2;2*1H. The van der Waals surface area contributed by atoms with E-state index in [1.54, 1.807) is 24.3 Å². The number of anilines is 2. The van der Waals surface area contributed by atoms with Crippen LogP contribution < -0.4 is 10.6 Å². The van der Waals surface area contributed by atoms with Crippen LogP contribution in [0.2, 0.25) is 0 Å². The van der Waals surface area contributed by atoms with Gasteiger partial charge in [0, 0.05) is 23.9 Å². The highest BCUT2D eigenvalue weighted by Crippen LogP contribution is 2.37. The SMILES string of the molecule is CCC1Sc2ccc(C(=O)Nc3ccc(S)cc3)cc2NC1=O.O.[HH].[HH]. The van der Waals surface area contributed by atoms with Crippen LogP contribution in [0.3, 0.4) is 0 Å². The minimum absolute atomic E-state index is 0. The Bertz CT molecular complexity index is 773. The number of nitrogens with one attached hydrogen (secondary N) is 2. The van der Waals surface area contributed by atoms with Gasteiger partial charge in [-0.05, 0) is 48.9 Å². The van der Waals surface area contributed by atoms with Crippen molar-refractivity contribution in [2.75, 3.05) is 10.6 Å². The van der Waals surface area contributed by atoms with E-state index in [0.717, 1.165) is 16.2 Å². The van der Waals surface area contributed by atoms with Crippen LogP contribution in [0.15, 0.2) is 52.3 Å². The first-order valence-electron chi connectivity index (χ1n) is 7.29. The Morgan fingerprint density at radius 1 is 1.29 bits per heavy atom. The first-order valence-corrected chi connectivity index (χ1v) is 8.61. The second kappa shape index (κ2) is 7.74. The van der Waals surface area contributed by atoms with E-state index >= 15 is 0 Å². The van der Waals surface area contributed by atoms with E-state index in [9.17, 15) is 9.59 Å². The van der Waals surface area contributed by atoms with Gasteiger partial charge in [0.25, 0.3) is 5.91 Å². The molecule has 3 rings (SSSR count). The first kappa shape index (κ1) is 18.4. The average molecular weight is 367 g/mol. The second-order valence-electron chi connectivity index (χ2n) is 5.22. The fourth-order valence-electron chi connectivity index (χ4n) is 2.31. The number of hydrogen-bond donors (Lipinski definition) is 3. The molecule has 1 atom stereocenters. The number of carbonyl (C=O) groups excluding carboxylic acids is 2. The number of thiol groups is 1. The van der Waals surface area contributed by atoms with Gasteiger partial charge < -0.3 is 16.1 Å². The molecule has 24 heavy (non-hydrogen) atoms. The zero-order chi connectivity index (χ0) is 16.4. The van der Waals surface area contributed by atoms with Crippen LogP contribution in [0, 0.1) is 0 Å². The number of fused-ring (bicyclic) bond motifs is 1. The largest absolute Gasteiger partial charge is 0.412 e. The minimum Gasteiger partial charge on any atom is -0.412 e. The van der Waals surface area contributed by atoms with Crippen LogP contribution in [-0.4, -0.2) is 22.5 Å². The smallest absolute Gasteiger partial charge is 0.255 e. The summed E-state index contributed by atoms with van der Waals surface area (Å²) in [7, 11) is 0.